The summed E-state index contributed by atoms with van der Waals surface area (Å²) in [7, 11) is 1.61. The fraction of sp³-hybridized carbons (Fsp3) is 0.214. The van der Waals surface area contributed by atoms with Crippen LogP contribution in [0.25, 0.3) is 11.5 Å². The van der Waals surface area contributed by atoms with Crippen molar-refractivity contribution in [3.05, 3.63) is 82.8 Å². The third-order valence-corrected chi connectivity index (χ3v) is 7.54. The highest BCUT2D eigenvalue weighted by Gasteiger charge is 2.22. The Morgan fingerprint density at radius 3 is 2.44 bits per heavy atom. The Balaban J connectivity index is 1.08. The van der Waals surface area contributed by atoms with Crippen LogP contribution in [0.4, 0.5) is 11.4 Å². The van der Waals surface area contributed by atoms with Crippen molar-refractivity contribution in [1.82, 2.24) is 15.1 Å². The van der Waals surface area contributed by atoms with Crippen LogP contribution < -0.4 is 15.0 Å². The summed E-state index contributed by atoms with van der Waals surface area (Å²) < 4.78 is 11.8. The number of hydrogen-bond donors (Lipinski definition) is 1. The zero-order valence-corrected chi connectivity index (χ0v) is 23.6. The molecule has 1 saturated heterocycles. The highest BCUT2D eigenvalue weighted by molar-refractivity contribution is 9.10. The Morgan fingerprint density at radius 2 is 1.74 bits per heavy atom. The molecular formula is C28H26BrN5O4S. The maximum atomic E-state index is 12.8. The average Bonchev–Trinajstić information content (AvgIpc) is 3.46. The number of ether oxygens (including phenoxy) is 1. The van der Waals surface area contributed by atoms with E-state index in [2.05, 4.69) is 36.3 Å². The lowest BCUT2D eigenvalue weighted by Crippen LogP contribution is -2.48. The number of carbonyl (C=O) groups is 2. The van der Waals surface area contributed by atoms with E-state index < -0.39 is 0 Å². The van der Waals surface area contributed by atoms with Gasteiger partial charge < -0.3 is 24.3 Å². The van der Waals surface area contributed by atoms with Crippen LogP contribution in [0.3, 0.4) is 0 Å². The lowest BCUT2D eigenvalue weighted by molar-refractivity contribution is -0.113. The van der Waals surface area contributed by atoms with Crippen LogP contribution >= 0.6 is 27.7 Å². The smallest absolute Gasteiger partial charge is 0.277 e. The number of benzene rings is 3. The van der Waals surface area contributed by atoms with Crippen LogP contribution in [0.5, 0.6) is 5.75 Å². The summed E-state index contributed by atoms with van der Waals surface area (Å²) in [5.41, 5.74) is 3.22. The van der Waals surface area contributed by atoms with E-state index in [1.165, 1.54) is 11.8 Å². The number of anilines is 2. The van der Waals surface area contributed by atoms with Crippen molar-refractivity contribution in [2.75, 3.05) is 49.3 Å². The first kappa shape index (κ1) is 26.8. The minimum Gasteiger partial charge on any atom is -0.497 e. The van der Waals surface area contributed by atoms with Gasteiger partial charge in [-0.2, -0.15) is 0 Å². The van der Waals surface area contributed by atoms with Crippen molar-refractivity contribution in [3.63, 3.8) is 0 Å². The molecule has 200 valence electrons. The molecule has 0 aliphatic carbocycles. The largest absolute Gasteiger partial charge is 0.497 e. The Kier molecular flexibility index (Phi) is 8.48. The summed E-state index contributed by atoms with van der Waals surface area (Å²) in [4.78, 5) is 29.4. The second kappa shape index (κ2) is 12.4. The highest BCUT2D eigenvalue weighted by atomic mass is 79.9. The predicted molar refractivity (Wildman–Crippen MR) is 154 cm³/mol. The van der Waals surface area contributed by atoms with Gasteiger partial charge in [-0.1, -0.05) is 33.8 Å². The first-order valence-electron chi connectivity index (χ1n) is 12.3. The molecule has 1 aliphatic rings. The third kappa shape index (κ3) is 6.79. The number of rotatable bonds is 8. The molecular weight excluding hydrogens is 582 g/mol. The van der Waals surface area contributed by atoms with Gasteiger partial charge in [-0.25, -0.2) is 0 Å². The first-order valence-corrected chi connectivity index (χ1v) is 14.1. The number of hydrogen-bond acceptors (Lipinski definition) is 8. The maximum Gasteiger partial charge on any atom is 0.277 e. The number of thioether (sulfide) groups is 1. The van der Waals surface area contributed by atoms with E-state index in [4.69, 9.17) is 9.15 Å². The van der Waals surface area contributed by atoms with Crippen molar-refractivity contribution >= 4 is 50.9 Å². The highest BCUT2D eigenvalue weighted by Crippen LogP contribution is 2.26. The summed E-state index contributed by atoms with van der Waals surface area (Å²) >= 11 is 4.61. The Hall–Kier alpha value is -3.83. The van der Waals surface area contributed by atoms with Gasteiger partial charge in [0.1, 0.15) is 5.75 Å². The van der Waals surface area contributed by atoms with Gasteiger partial charge in [0.05, 0.1) is 12.9 Å². The zero-order valence-electron chi connectivity index (χ0n) is 21.2. The monoisotopic (exact) mass is 607 g/mol. The lowest BCUT2D eigenvalue weighted by atomic mass is 10.1. The molecule has 0 unspecified atom stereocenters. The van der Waals surface area contributed by atoms with Crippen molar-refractivity contribution < 1.29 is 18.7 Å². The minimum atomic E-state index is -0.166. The van der Waals surface area contributed by atoms with Gasteiger partial charge in [-0.15, -0.1) is 10.2 Å². The number of nitrogens with zero attached hydrogens (tertiary/aromatic N) is 4. The quantitative estimate of drug-likeness (QED) is 0.273. The molecule has 5 rings (SSSR count). The second-order valence-electron chi connectivity index (χ2n) is 8.77. The molecule has 0 radical (unpaired) electrons. The van der Waals surface area contributed by atoms with Gasteiger partial charge in [-0.3, -0.25) is 9.59 Å². The molecule has 1 aliphatic heterocycles. The third-order valence-electron chi connectivity index (χ3n) is 6.22. The molecule has 39 heavy (non-hydrogen) atoms. The topological polar surface area (TPSA) is 101 Å². The van der Waals surface area contributed by atoms with Crippen LogP contribution in [0.15, 0.2) is 86.9 Å². The van der Waals surface area contributed by atoms with Crippen LogP contribution in [0.2, 0.25) is 0 Å². The molecule has 9 nitrogen and oxygen atoms in total. The number of methoxy groups -OCH3 is 1. The fourth-order valence-corrected chi connectivity index (χ4v) is 5.13. The summed E-state index contributed by atoms with van der Waals surface area (Å²) in [6, 6.07) is 22.5. The summed E-state index contributed by atoms with van der Waals surface area (Å²) in [5.74, 6) is 1.14. The number of piperazine rings is 1. The Labute approximate surface area is 238 Å². The van der Waals surface area contributed by atoms with E-state index in [1.54, 1.807) is 31.4 Å². The van der Waals surface area contributed by atoms with Gasteiger partial charge in [-0.05, 0) is 66.7 Å². The molecule has 0 atom stereocenters. The van der Waals surface area contributed by atoms with E-state index in [9.17, 15) is 9.59 Å². The van der Waals surface area contributed by atoms with E-state index in [0.29, 0.717) is 35.5 Å². The number of carbonyl (C=O) groups excluding carboxylic acids is 2. The van der Waals surface area contributed by atoms with Gasteiger partial charge in [0.15, 0.2) is 0 Å². The number of amides is 2. The van der Waals surface area contributed by atoms with Gasteiger partial charge in [0, 0.05) is 53.2 Å². The van der Waals surface area contributed by atoms with Crippen LogP contribution in [-0.2, 0) is 4.79 Å². The molecule has 2 amide bonds. The standard InChI is InChI=1S/C28H26BrN5O4S/c1-37-24-11-5-19(6-12-24)27(36)34-15-13-33(14-16-34)23-9-7-22(8-10-23)30-25(35)18-39-28-32-31-26(38-28)20-3-2-4-21(29)17-20/h2-12,17H,13-16,18H2,1H3,(H,30,35). The molecule has 2 heterocycles. The molecule has 4 aromatic rings. The molecule has 0 bridgehead atoms. The van der Waals surface area contributed by atoms with Crippen molar-refractivity contribution in [2.24, 2.45) is 0 Å². The van der Waals surface area contributed by atoms with Crippen LogP contribution in [0, 0.1) is 0 Å². The predicted octanol–water partition coefficient (Wildman–Crippen LogP) is 5.20. The SMILES string of the molecule is COc1ccc(C(=O)N2CCN(c3ccc(NC(=O)CSc4nnc(-c5cccc(Br)c5)o4)cc3)CC2)cc1. The Bertz CT molecular complexity index is 1440. The molecule has 11 heteroatoms. The molecule has 3 aromatic carbocycles. The van der Waals surface area contributed by atoms with Crippen molar-refractivity contribution in [1.29, 1.82) is 0 Å². The van der Waals surface area contributed by atoms with E-state index >= 15 is 0 Å². The van der Waals surface area contributed by atoms with E-state index in [1.807, 2.05) is 53.4 Å². The first-order chi connectivity index (χ1) is 19.0. The summed E-state index contributed by atoms with van der Waals surface area (Å²) in [6.07, 6.45) is 0. The Morgan fingerprint density at radius 1 is 1.00 bits per heavy atom. The van der Waals surface area contributed by atoms with Crippen LogP contribution in [0.1, 0.15) is 10.4 Å². The molecule has 0 saturated carbocycles. The van der Waals surface area contributed by atoms with Gasteiger partial charge in [0.25, 0.3) is 11.1 Å². The van der Waals surface area contributed by atoms with Crippen LogP contribution in [-0.4, -0.2) is 66.0 Å². The minimum absolute atomic E-state index is 0.0260. The van der Waals surface area contributed by atoms with Crippen molar-refractivity contribution in [3.8, 4) is 17.2 Å². The van der Waals surface area contributed by atoms with E-state index in [0.717, 1.165) is 34.6 Å². The van der Waals surface area contributed by atoms with Gasteiger partial charge >= 0.3 is 0 Å². The maximum absolute atomic E-state index is 12.8. The van der Waals surface area contributed by atoms with Crippen molar-refractivity contribution in [2.45, 2.75) is 5.22 Å². The molecule has 1 N–H and O–H groups in total. The molecule has 1 fully saturated rings. The normalized spacial score (nSPS) is 13.3. The number of halogens is 1. The molecule has 1 aromatic heterocycles. The number of nitrogens with one attached hydrogen (secondary N) is 1. The lowest BCUT2D eigenvalue weighted by Gasteiger charge is -2.36. The van der Waals surface area contributed by atoms with Gasteiger partial charge in [0.2, 0.25) is 11.8 Å². The zero-order chi connectivity index (χ0) is 27.2. The fourth-order valence-electron chi connectivity index (χ4n) is 4.17. The van der Waals surface area contributed by atoms with E-state index in [-0.39, 0.29) is 17.6 Å². The second-order valence-corrected chi connectivity index (χ2v) is 10.6. The number of aromatic nitrogens is 2. The average molecular weight is 609 g/mol. The summed E-state index contributed by atoms with van der Waals surface area (Å²) in [5, 5.41) is 11.3. The summed E-state index contributed by atoms with van der Waals surface area (Å²) in [6.45, 7) is 2.74. The molecule has 0 spiro atoms.